The summed E-state index contributed by atoms with van der Waals surface area (Å²) in [6, 6.07) is 7.42. The van der Waals surface area contributed by atoms with Crippen LogP contribution in [0.2, 0.25) is 0 Å². The van der Waals surface area contributed by atoms with Gasteiger partial charge < -0.3 is 9.64 Å². The molecule has 0 N–H and O–H groups in total. The van der Waals surface area contributed by atoms with Crippen molar-refractivity contribution >= 4 is 23.6 Å². The quantitative estimate of drug-likeness (QED) is 0.757. The number of urea groups is 1. The smallest absolute Gasteiger partial charge is 0.331 e. The molecule has 0 bridgehead atoms. The van der Waals surface area contributed by atoms with Crippen molar-refractivity contribution in [3.8, 4) is 11.4 Å². The van der Waals surface area contributed by atoms with E-state index in [1.54, 1.807) is 27.8 Å². The normalized spacial score (nSPS) is 20.5. The van der Waals surface area contributed by atoms with Gasteiger partial charge in [0.1, 0.15) is 18.1 Å². The number of rotatable bonds is 4. The van der Waals surface area contributed by atoms with Crippen LogP contribution in [0.1, 0.15) is 31.7 Å². The lowest BCUT2D eigenvalue weighted by atomic mass is 10.0. The van der Waals surface area contributed by atoms with Crippen LogP contribution in [0.3, 0.4) is 0 Å². The second kappa shape index (κ2) is 7.72. The predicted molar refractivity (Wildman–Crippen MR) is 116 cm³/mol. The SMILES string of the molecule is COc1ccc(-n2ncc3c2N(CC(=O)N2CCCCC2C)C(=O)N2CCN=C32)cc1. The zero-order valence-corrected chi connectivity index (χ0v) is 17.8. The summed E-state index contributed by atoms with van der Waals surface area (Å²) < 4.78 is 6.96. The average molecular weight is 422 g/mol. The van der Waals surface area contributed by atoms with Gasteiger partial charge in [-0.1, -0.05) is 0 Å². The third kappa shape index (κ3) is 3.24. The van der Waals surface area contributed by atoms with Crippen LogP contribution >= 0.6 is 0 Å². The Morgan fingerprint density at radius 3 is 2.74 bits per heavy atom. The molecule has 31 heavy (non-hydrogen) atoms. The fourth-order valence-corrected chi connectivity index (χ4v) is 4.61. The van der Waals surface area contributed by atoms with Crippen LogP contribution in [0.4, 0.5) is 10.6 Å². The highest BCUT2D eigenvalue weighted by molar-refractivity contribution is 6.20. The molecule has 3 aliphatic rings. The van der Waals surface area contributed by atoms with Gasteiger partial charge in [0.25, 0.3) is 0 Å². The number of benzene rings is 1. The van der Waals surface area contributed by atoms with Gasteiger partial charge in [0.2, 0.25) is 5.91 Å². The molecular weight excluding hydrogens is 396 g/mol. The topological polar surface area (TPSA) is 83.3 Å². The summed E-state index contributed by atoms with van der Waals surface area (Å²) in [5.74, 6) is 1.92. The summed E-state index contributed by atoms with van der Waals surface area (Å²) in [5.41, 5.74) is 1.55. The van der Waals surface area contributed by atoms with Crippen molar-refractivity contribution in [2.75, 3.05) is 38.2 Å². The highest BCUT2D eigenvalue weighted by atomic mass is 16.5. The maximum Gasteiger partial charge on any atom is 0.331 e. The van der Waals surface area contributed by atoms with Gasteiger partial charge in [0.15, 0.2) is 5.82 Å². The van der Waals surface area contributed by atoms with Crippen molar-refractivity contribution in [2.45, 2.75) is 32.2 Å². The van der Waals surface area contributed by atoms with Crippen LogP contribution < -0.4 is 9.64 Å². The van der Waals surface area contributed by atoms with Crippen LogP contribution in [0.25, 0.3) is 5.69 Å². The number of methoxy groups -OCH3 is 1. The number of ether oxygens (including phenoxy) is 1. The molecule has 3 aliphatic heterocycles. The standard InChI is InChI=1S/C22H26N6O3/c1-15-5-3-4-11-25(15)19(29)14-27-21-18(20-23-10-12-26(20)22(27)30)13-24-28(21)16-6-8-17(31-2)9-7-16/h6-9,13,15H,3-5,10-12,14H2,1-2H3. The van der Waals surface area contributed by atoms with E-state index in [-0.39, 0.29) is 24.5 Å². The van der Waals surface area contributed by atoms with Crippen molar-refractivity contribution in [2.24, 2.45) is 4.99 Å². The first-order valence-corrected chi connectivity index (χ1v) is 10.7. The molecule has 3 amide bonds. The van der Waals surface area contributed by atoms with Crippen LogP contribution in [-0.2, 0) is 4.79 Å². The number of piperidine rings is 1. The molecule has 0 radical (unpaired) electrons. The molecule has 9 heteroatoms. The van der Waals surface area contributed by atoms with E-state index >= 15 is 0 Å². The van der Waals surface area contributed by atoms with E-state index in [2.05, 4.69) is 17.0 Å². The molecular formula is C22H26N6O3. The lowest BCUT2D eigenvalue weighted by Gasteiger charge is -2.37. The third-order valence-corrected chi connectivity index (χ3v) is 6.28. The van der Waals surface area contributed by atoms with Gasteiger partial charge in [-0.25, -0.2) is 9.48 Å². The molecule has 1 saturated heterocycles. The number of nitrogens with zero attached hydrogens (tertiary/aromatic N) is 6. The zero-order chi connectivity index (χ0) is 21.5. The number of anilines is 1. The summed E-state index contributed by atoms with van der Waals surface area (Å²) in [7, 11) is 1.62. The van der Waals surface area contributed by atoms with Crippen LogP contribution in [-0.4, -0.2) is 76.7 Å². The number of likely N-dealkylation sites (tertiary alicyclic amines) is 1. The number of amidine groups is 1. The van der Waals surface area contributed by atoms with Crippen molar-refractivity contribution in [1.29, 1.82) is 0 Å². The van der Waals surface area contributed by atoms with Crippen molar-refractivity contribution < 1.29 is 14.3 Å². The van der Waals surface area contributed by atoms with E-state index in [1.165, 1.54) is 0 Å². The molecule has 1 fully saturated rings. The molecule has 5 rings (SSSR count). The molecule has 1 unspecified atom stereocenters. The highest BCUT2D eigenvalue weighted by Gasteiger charge is 2.42. The Labute approximate surface area is 180 Å². The van der Waals surface area contributed by atoms with Gasteiger partial charge in [0, 0.05) is 19.1 Å². The predicted octanol–water partition coefficient (Wildman–Crippen LogP) is 2.28. The number of amides is 3. The maximum atomic E-state index is 13.4. The molecule has 2 aromatic rings. The minimum Gasteiger partial charge on any atom is -0.497 e. The van der Waals surface area contributed by atoms with E-state index in [1.807, 2.05) is 29.2 Å². The van der Waals surface area contributed by atoms with Crippen molar-refractivity contribution in [1.82, 2.24) is 19.6 Å². The van der Waals surface area contributed by atoms with Gasteiger partial charge in [-0.15, -0.1) is 0 Å². The second-order valence-electron chi connectivity index (χ2n) is 8.15. The molecule has 1 atom stereocenters. The Morgan fingerprint density at radius 1 is 1.19 bits per heavy atom. The summed E-state index contributed by atoms with van der Waals surface area (Å²) in [4.78, 5) is 36.2. The van der Waals surface area contributed by atoms with Crippen molar-refractivity contribution in [3.63, 3.8) is 0 Å². The summed E-state index contributed by atoms with van der Waals surface area (Å²) in [6.07, 6.45) is 4.86. The van der Waals surface area contributed by atoms with Gasteiger partial charge in [-0.05, 0) is 50.5 Å². The maximum absolute atomic E-state index is 13.4. The Balaban J connectivity index is 1.54. The van der Waals surface area contributed by atoms with Gasteiger partial charge in [-0.2, -0.15) is 5.10 Å². The summed E-state index contributed by atoms with van der Waals surface area (Å²) >= 11 is 0. The first-order chi connectivity index (χ1) is 15.1. The Morgan fingerprint density at radius 2 is 2.00 bits per heavy atom. The Bertz CT molecular complexity index is 1040. The zero-order valence-electron chi connectivity index (χ0n) is 17.8. The molecule has 0 saturated carbocycles. The van der Waals surface area contributed by atoms with Crippen LogP contribution in [0, 0.1) is 0 Å². The molecule has 4 heterocycles. The van der Waals surface area contributed by atoms with E-state index in [9.17, 15) is 9.59 Å². The van der Waals surface area contributed by atoms with E-state index < -0.39 is 0 Å². The number of carbonyl (C=O) groups excluding carboxylic acids is 2. The second-order valence-corrected chi connectivity index (χ2v) is 8.15. The van der Waals surface area contributed by atoms with Gasteiger partial charge in [0.05, 0.1) is 31.1 Å². The minimum atomic E-state index is -0.225. The molecule has 1 aromatic heterocycles. The highest BCUT2D eigenvalue weighted by Crippen LogP contribution is 2.33. The van der Waals surface area contributed by atoms with Crippen molar-refractivity contribution in [3.05, 3.63) is 36.0 Å². The Hall–Kier alpha value is -3.36. The van der Waals surface area contributed by atoms with Gasteiger partial charge in [-0.3, -0.25) is 19.6 Å². The Kier molecular flexibility index (Phi) is 4.88. The van der Waals surface area contributed by atoms with E-state index in [4.69, 9.17) is 4.74 Å². The first-order valence-electron chi connectivity index (χ1n) is 10.7. The summed E-state index contributed by atoms with van der Waals surface area (Å²) in [6.45, 7) is 3.88. The number of aliphatic imine (C=N–C) groups is 1. The molecule has 9 nitrogen and oxygen atoms in total. The lowest BCUT2D eigenvalue weighted by Crippen LogP contribution is -2.55. The minimum absolute atomic E-state index is 0.0121. The van der Waals surface area contributed by atoms with E-state index in [0.717, 1.165) is 42.8 Å². The summed E-state index contributed by atoms with van der Waals surface area (Å²) in [5, 5.41) is 4.55. The fraction of sp³-hybridized carbons (Fsp3) is 0.455. The number of hydrogen-bond donors (Lipinski definition) is 0. The number of carbonyl (C=O) groups is 2. The largest absolute Gasteiger partial charge is 0.497 e. The van der Waals surface area contributed by atoms with Crippen LogP contribution in [0.15, 0.2) is 35.5 Å². The lowest BCUT2D eigenvalue weighted by molar-refractivity contribution is -0.132. The number of hydrogen-bond acceptors (Lipinski definition) is 5. The molecule has 162 valence electrons. The fourth-order valence-electron chi connectivity index (χ4n) is 4.61. The molecule has 0 aliphatic carbocycles. The van der Waals surface area contributed by atoms with E-state index in [0.29, 0.717) is 24.7 Å². The molecule has 1 aromatic carbocycles. The average Bonchev–Trinajstić information content (AvgIpc) is 3.44. The number of aromatic nitrogens is 2. The van der Waals surface area contributed by atoms with Gasteiger partial charge >= 0.3 is 6.03 Å². The first kappa shape index (κ1) is 19.6. The molecule has 0 spiro atoms. The van der Waals surface area contributed by atoms with Crippen LogP contribution in [0.5, 0.6) is 5.75 Å². The monoisotopic (exact) mass is 422 g/mol. The number of fused-ring (bicyclic) bond motifs is 3. The third-order valence-electron chi connectivity index (χ3n) is 6.28.